The van der Waals surface area contributed by atoms with Gasteiger partial charge in [0.1, 0.15) is 0 Å². The van der Waals surface area contributed by atoms with Crippen molar-refractivity contribution in [2.75, 3.05) is 0 Å². The van der Waals surface area contributed by atoms with E-state index < -0.39 is 17.4 Å². The number of halogens is 2. The van der Waals surface area contributed by atoms with Gasteiger partial charge in [-0.1, -0.05) is 0 Å². The van der Waals surface area contributed by atoms with E-state index in [2.05, 4.69) is 75.9 Å². The minimum absolute atomic E-state index is 0. The third kappa shape index (κ3) is 4.25. The van der Waals surface area contributed by atoms with Gasteiger partial charge in [-0.25, -0.2) is 0 Å². The molecule has 132 valence electrons. The van der Waals surface area contributed by atoms with Crippen LogP contribution in [-0.2, 0) is 17.4 Å². The monoisotopic (exact) mass is 450 g/mol. The Morgan fingerprint density at radius 2 is 1.65 bits per heavy atom. The van der Waals surface area contributed by atoms with Gasteiger partial charge in [0.15, 0.2) is 0 Å². The Kier molecular flexibility index (Phi) is 7.30. The van der Waals surface area contributed by atoms with Crippen LogP contribution in [-0.4, -0.2) is 6.88 Å². The normalized spacial score (nSPS) is 22.1. The van der Waals surface area contributed by atoms with Gasteiger partial charge in [-0.2, -0.15) is 0 Å². The number of hydrogen-bond donors (Lipinski definition) is 0. The summed E-state index contributed by atoms with van der Waals surface area (Å²) in [5, 5.41) is 0. The summed E-state index contributed by atoms with van der Waals surface area (Å²) in [4.78, 5) is 0. The Hall–Kier alpha value is 0.640. The first-order valence-corrected chi connectivity index (χ1v) is 21.5. The molecule has 4 heteroatoms. The fourth-order valence-corrected chi connectivity index (χ4v) is 20.6. The zero-order chi connectivity index (χ0) is 16.2. The average molecular weight is 453 g/mol. The van der Waals surface area contributed by atoms with Crippen LogP contribution in [0.2, 0.25) is 9.26 Å². The van der Waals surface area contributed by atoms with Crippen LogP contribution < -0.4 is 0 Å². The molecule has 0 bridgehead atoms. The van der Waals surface area contributed by atoms with Gasteiger partial charge >= 0.3 is 134 Å². The molecule has 23 heavy (non-hydrogen) atoms. The number of hydrogen-bond acceptors (Lipinski definition) is 0. The number of allylic oxidation sites excluding steroid dienone is 8. The first-order valence-electron chi connectivity index (χ1n) is 8.22. The molecular formula is C19H34Cl2SiZr. The van der Waals surface area contributed by atoms with E-state index in [0.717, 1.165) is 0 Å². The molecule has 0 fully saturated rings. The van der Waals surface area contributed by atoms with Crippen LogP contribution in [0.25, 0.3) is 0 Å². The van der Waals surface area contributed by atoms with Gasteiger partial charge < -0.3 is 0 Å². The number of rotatable bonds is 2. The Balaban J connectivity index is 0.00000242. The topological polar surface area (TPSA) is 0 Å². The predicted molar refractivity (Wildman–Crippen MR) is 111 cm³/mol. The van der Waals surface area contributed by atoms with Gasteiger partial charge in [0.05, 0.1) is 0 Å². The predicted octanol–water partition coefficient (Wildman–Crippen LogP) is 6.29. The van der Waals surface area contributed by atoms with E-state index in [1.165, 1.54) is 12.0 Å². The van der Waals surface area contributed by atoms with Crippen LogP contribution in [0.3, 0.4) is 0 Å². The molecule has 0 saturated carbocycles. The maximum Gasteiger partial charge on any atom is -0.147 e. The van der Waals surface area contributed by atoms with Crippen molar-refractivity contribution in [1.82, 2.24) is 0 Å². The molecule has 2 aliphatic rings. The summed E-state index contributed by atoms with van der Waals surface area (Å²) in [6.07, 6.45) is 8.72. The Morgan fingerprint density at radius 3 is 2.00 bits per heavy atom. The second-order valence-corrected chi connectivity index (χ2v) is 37.8. The van der Waals surface area contributed by atoms with Gasteiger partial charge in [-0.3, -0.25) is 0 Å². The van der Waals surface area contributed by atoms with E-state index in [1.54, 1.807) is 14.4 Å². The van der Waals surface area contributed by atoms with Crippen molar-refractivity contribution >= 4 is 31.7 Å². The zero-order valence-electron chi connectivity index (χ0n) is 16.0. The molecule has 0 spiro atoms. The summed E-state index contributed by atoms with van der Waals surface area (Å²) in [5.74, 6) is 0.641. The molecule has 0 aromatic carbocycles. The largest absolute Gasteiger partial charge is 0.147 e. The first kappa shape index (κ1) is 23.6. The van der Waals surface area contributed by atoms with Crippen molar-refractivity contribution in [1.29, 1.82) is 0 Å². The van der Waals surface area contributed by atoms with Crippen LogP contribution in [0.5, 0.6) is 0 Å². The molecule has 0 nitrogen and oxygen atoms in total. The van der Waals surface area contributed by atoms with Crippen LogP contribution in [0.15, 0.2) is 41.5 Å². The molecule has 0 saturated heterocycles. The van der Waals surface area contributed by atoms with Gasteiger partial charge in [-0.15, -0.1) is 24.8 Å². The second-order valence-electron chi connectivity index (χ2n) is 9.15. The van der Waals surface area contributed by atoms with E-state index in [9.17, 15) is 0 Å². The fourth-order valence-electron chi connectivity index (χ4n) is 4.25. The van der Waals surface area contributed by atoms with Crippen molar-refractivity contribution in [3.05, 3.63) is 41.5 Å². The Labute approximate surface area is 158 Å². The maximum absolute atomic E-state index is 2.97. The van der Waals surface area contributed by atoms with Crippen LogP contribution in [0.1, 0.15) is 48.0 Å². The molecule has 1 unspecified atom stereocenters. The minimum Gasteiger partial charge on any atom is -0.147 e. The minimum atomic E-state index is -2.97. The molecule has 0 amide bonds. The molecule has 2 rings (SSSR count). The van der Waals surface area contributed by atoms with E-state index in [0.29, 0.717) is 5.92 Å². The summed E-state index contributed by atoms with van der Waals surface area (Å²) in [5.41, 5.74) is 4.93. The SMILES string of the molecule is CC1=CC(C)[C]([Zr]([CH3])([CH3])(=[SiH2])[C]2=CC(C(C)(C)C)=CC2)=C1C.Cl.Cl. The van der Waals surface area contributed by atoms with Crippen molar-refractivity contribution in [2.24, 2.45) is 11.3 Å². The average Bonchev–Trinajstić information content (AvgIpc) is 2.84. The smallest absolute Gasteiger partial charge is 0.147 e. The molecule has 0 heterocycles. The zero-order valence-corrected chi connectivity index (χ0v) is 21.5. The van der Waals surface area contributed by atoms with E-state index in [-0.39, 0.29) is 30.2 Å². The van der Waals surface area contributed by atoms with E-state index in [4.69, 9.17) is 0 Å². The third-order valence-electron chi connectivity index (χ3n) is 5.58. The standard InChI is InChI=1S/C9H13.C8H11.2CH3.2ClH.H2Si.Zr/c1-9(2,3)8-6-4-5-7-8;1-6-4-7(2)8(3)5-6;;;;;;/h6-7H,4H2,1-3H3;4,6H,1-3H3;2*1H3;2*1H;1H2;. The summed E-state index contributed by atoms with van der Waals surface area (Å²) < 4.78 is 8.89. The molecular weight excluding hydrogens is 418 g/mol. The Morgan fingerprint density at radius 1 is 1.13 bits per heavy atom. The van der Waals surface area contributed by atoms with Gasteiger partial charge in [0.2, 0.25) is 0 Å². The third-order valence-corrected chi connectivity index (χ3v) is 22.7. The summed E-state index contributed by atoms with van der Waals surface area (Å²) in [6.45, 7) is 16.4. The first-order chi connectivity index (χ1) is 9.33. The van der Waals surface area contributed by atoms with Gasteiger partial charge in [0.25, 0.3) is 0 Å². The fraction of sp³-hybridized carbons (Fsp3) is 0.579. The molecule has 0 aromatic heterocycles. The van der Waals surface area contributed by atoms with Crippen LogP contribution >= 0.6 is 24.8 Å². The molecule has 0 aromatic rings. The summed E-state index contributed by atoms with van der Waals surface area (Å²) >= 11 is -2.97. The molecule has 2 aliphatic carbocycles. The van der Waals surface area contributed by atoms with Crippen molar-refractivity contribution in [3.63, 3.8) is 0 Å². The summed E-state index contributed by atoms with van der Waals surface area (Å²) in [6, 6.07) is 0. The molecule has 0 N–H and O–H groups in total. The van der Waals surface area contributed by atoms with Gasteiger partial charge in [0, 0.05) is 0 Å². The van der Waals surface area contributed by atoms with Crippen molar-refractivity contribution in [3.8, 4) is 0 Å². The van der Waals surface area contributed by atoms with Crippen LogP contribution in [0.4, 0.5) is 0 Å². The maximum atomic E-state index is 2.65. The summed E-state index contributed by atoms with van der Waals surface area (Å²) in [7, 11) is 0. The molecule has 0 aliphatic heterocycles. The van der Waals surface area contributed by atoms with Crippen molar-refractivity contribution in [2.45, 2.75) is 57.2 Å². The molecule has 1 atom stereocenters. The molecule has 0 radical (unpaired) electrons. The van der Waals surface area contributed by atoms with Crippen molar-refractivity contribution < 1.29 is 17.4 Å². The van der Waals surface area contributed by atoms with E-state index >= 15 is 0 Å². The van der Waals surface area contributed by atoms with Gasteiger partial charge in [-0.05, 0) is 0 Å². The van der Waals surface area contributed by atoms with Crippen LogP contribution in [0, 0.1) is 11.3 Å². The Bertz CT molecular complexity index is 679. The van der Waals surface area contributed by atoms with E-state index in [1.807, 2.05) is 3.28 Å². The quantitative estimate of drug-likeness (QED) is 0.432. The second kappa shape index (κ2) is 7.10.